The molecular formula is C27H38N4O4. The van der Waals surface area contributed by atoms with Crippen LogP contribution in [0.25, 0.3) is 11.0 Å². The van der Waals surface area contributed by atoms with Crippen LogP contribution in [0.3, 0.4) is 0 Å². The summed E-state index contributed by atoms with van der Waals surface area (Å²) in [5.74, 6) is -0.345. The van der Waals surface area contributed by atoms with Gasteiger partial charge in [0.1, 0.15) is 5.71 Å². The number of nitrogens with zero attached hydrogens (tertiary/aromatic N) is 4. The molecule has 0 unspecified atom stereocenters. The first-order valence-corrected chi connectivity index (χ1v) is 13.1. The molecule has 1 saturated carbocycles. The summed E-state index contributed by atoms with van der Waals surface area (Å²) in [7, 11) is 0. The largest absolute Gasteiger partial charge is 0.479 e. The number of carboxylic acids is 1. The summed E-state index contributed by atoms with van der Waals surface area (Å²) in [5, 5.41) is 12.6. The summed E-state index contributed by atoms with van der Waals surface area (Å²) in [6, 6.07) is 8.42. The molecule has 0 amide bonds. The molecule has 0 radical (unpaired) electrons. The van der Waals surface area contributed by atoms with Crippen molar-refractivity contribution in [2.45, 2.75) is 83.7 Å². The number of benzene rings is 1. The Morgan fingerprint density at radius 1 is 1.09 bits per heavy atom. The van der Waals surface area contributed by atoms with Crippen molar-refractivity contribution in [1.82, 2.24) is 14.5 Å². The van der Waals surface area contributed by atoms with E-state index in [0.29, 0.717) is 6.04 Å². The minimum Gasteiger partial charge on any atom is -0.479 e. The molecule has 1 aliphatic heterocycles. The number of likely N-dealkylation sites (tertiary alicyclic amines) is 1. The first kappa shape index (κ1) is 25.4. The van der Waals surface area contributed by atoms with Gasteiger partial charge in [0.2, 0.25) is 6.61 Å². The van der Waals surface area contributed by atoms with Gasteiger partial charge in [-0.3, -0.25) is 4.79 Å². The van der Waals surface area contributed by atoms with Gasteiger partial charge in [0.25, 0.3) is 5.56 Å². The zero-order valence-electron chi connectivity index (χ0n) is 21.0. The van der Waals surface area contributed by atoms with Crippen LogP contribution in [-0.2, 0) is 9.63 Å². The molecule has 1 saturated heterocycles. The summed E-state index contributed by atoms with van der Waals surface area (Å²) in [6.07, 6.45) is 11.1. The van der Waals surface area contributed by atoms with Gasteiger partial charge in [-0.25, -0.2) is 9.78 Å². The van der Waals surface area contributed by atoms with E-state index in [1.807, 2.05) is 28.8 Å². The van der Waals surface area contributed by atoms with E-state index < -0.39 is 12.6 Å². The summed E-state index contributed by atoms with van der Waals surface area (Å²) < 4.78 is 1.89. The maximum atomic E-state index is 13.6. The Morgan fingerprint density at radius 3 is 2.54 bits per heavy atom. The molecular weight excluding hydrogens is 444 g/mol. The Balaban J connectivity index is 1.56. The fraction of sp³-hybridized carbons (Fsp3) is 0.630. The van der Waals surface area contributed by atoms with Crippen molar-refractivity contribution in [3.8, 4) is 0 Å². The third-order valence-corrected chi connectivity index (χ3v) is 7.57. The second-order valence-corrected chi connectivity index (χ2v) is 10.2. The fourth-order valence-electron chi connectivity index (χ4n) is 5.75. The highest BCUT2D eigenvalue weighted by atomic mass is 16.6. The molecule has 0 bridgehead atoms. The van der Waals surface area contributed by atoms with Gasteiger partial charge >= 0.3 is 5.97 Å². The summed E-state index contributed by atoms with van der Waals surface area (Å²) in [6.45, 7) is 5.47. The van der Waals surface area contributed by atoms with Crippen LogP contribution < -0.4 is 5.56 Å². The van der Waals surface area contributed by atoms with E-state index in [2.05, 4.69) is 22.0 Å². The number of rotatable bonds is 6. The van der Waals surface area contributed by atoms with E-state index >= 15 is 0 Å². The average Bonchev–Trinajstić information content (AvgIpc) is 2.95. The molecule has 1 N–H and O–H groups in total. The lowest BCUT2D eigenvalue weighted by atomic mass is 9.92. The van der Waals surface area contributed by atoms with E-state index in [0.717, 1.165) is 42.9 Å². The number of fused-ring (bicyclic) bond motifs is 1. The van der Waals surface area contributed by atoms with Gasteiger partial charge in [0, 0.05) is 25.2 Å². The molecule has 1 aromatic heterocycles. The van der Waals surface area contributed by atoms with Crippen molar-refractivity contribution in [2.75, 3.05) is 19.7 Å². The Bertz CT molecular complexity index is 1100. The van der Waals surface area contributed by atoms with Crippen LogP contribution in [0.5, 0.6) is 0 Å². The first-order chi connectivity index (χ1) is 16.9. The predicted molar refractivity (Wildman–Crippen MR) is 137 cm³/mol. The number of carboxylic acid groups (broad SMARTS) is 1. The maximum Gasteiger partial charge on any atom is 0.344 e. The first-order valence-electron chi connectivity index (χ1n) is 13.1. The van der Waals surface area contributed by atoms with Crippen LogP contribution in [-0.4, -0.2) is 57.0 Å². The van der Waals surface area contributed by atoms with Gasteiger partial charge in [-0.1, -0.05) is 56.3 Å². The summed E-state index contributed by atoms with van der Waals surface area (Å²) in [4.78, 5) is 36.4. The highest BCUT2D eigenvalue weighted by Gasteiger charge is 2.29. The van der Waals surface area contributed by atoms with Gasteiger partial charge in [-0.05, 0) is 50.7 Å². The van der Waals surface area contributed by atoms with Crippen molar-refractivity contribution in [2.24, 2.45) is 11.1 Å². The smallest absolute Gasteiger partial charge is 0.344 e. The highest BCUT2D eigenvalue weighted by Crippen LogP contribution is 2.30. The molecule has 2 aromatic rings. The monoisotopic (exact) mass is 482 g/mol. The van der Waals surface area contributed by atoms with Crippen molar-refractivity contribution in [1.29, 1.82) is 0 Å². The molecule has 1 aromatic carbocycles. The Kier molecular flexibility index (Phi) is 8.55. The summed E-state index contributed by atoms with van der Waals surface area (Å²) >= 11 is 0. The number of para-hydroxylation sites is 2. The van der Waals surface area contributed by atoms with Gasteiger partial charge in [-0.15, -0.1) is 0 Å². The van der Waals surface area contributed by atoms with E-state index in [1.54, 1.807) is 6.92 Å². The quantitative estimate of drug-likeness (QED) is 0.477. The van der Waals surface area contributed by atoms with E-state index in [-0.39, 0.29) is 23.0 Å². The lowest BCUT2D eigenvalue weighted by Gasteiger charge is -2.39. The van der Waals surface area contributed by atoms with E-state index in [4.69, 9.17) is 9.94 Å². The summed E-state index contributed by atoms with van der Waals surface area (Å²) in [5.41, 5.74) is 1.85. The highest BCUT2D eigenvalue weighted by molar-refractivity contribution is 5.97. The average molecular weight is 483 g/mol. The fourth-order valence-corrected chi connectivity index (χ4v) is 5.75. The molecule has 4 rings (SSSR count). The number of oxime groups is 1. The number of hydrogen-bond acceptors (Lipinski definition) is 6. The van der Waals surface area contributed by atoms with Gasteiger partial charge < -0.3 is 19.4 Å². The Hall–Kier alpha value is -2.74. The maximum absolute atomic E-state index is 13.6. The molecule has 2 aliphatic rings. The SMILES string of the molecule is C/C(=N\OCC(=O)O)c1nc2ccccc2n(C2CCN([C@@H]3CCCCCC[C@@H](C)C3)CC2)c1=O. The van der Waals surface area contributed by atoms with Crippen LogP contribution in [0.4, 0.5) is 0 Å². The molecule has 0 spiro atoms. The molecule has 2 fully saturated rings. The van der Waals surface area contributed by atoms with Crippen LogP contribution >= 0.6 is 0 Å². The Labute approximate surface area is 207 Å². The van der Waals surface area contributed by atoms with Crippen molar-refractivity contribution in [3.63, 3.8) is 0 Å². The van der Waals surface area contributed by atoms with Gasteiger partial charge in [0.15, 0.2) is 5.69 Å². The predicted octanol–water partition coefficient (Wildman–Crippen LogP) is 4.61. The zero-order chi connectivity index (χ0) is 24.8. The van der Waals surface area contributed by atoms with E-state index in [9.17, 15) is 9.59 Å². The van der Waals surface area contributed by atoms with Crippen LogP contribution in [0.1, 0.15) is 83.4 Å². The molecule has 8 heteroatoms. The minimum absolute atomic E-state index is 0.0897. The molecule has 2 atom stereocenters. The molecule has 2 heterocycles. The standard InChI is InChI=1S/C27H38N4O4/c1-19-9-5-3-4-6-10-22(17-19)30-15-13-21(14-16-30)31-24-12-8-7-11-23(24)28-26(27(31)34)20(2)29-35-18-25(32)33/h7-8,11-12,19,21-22H,3-6,9-10,13-18H2,1-2H3,(H,32,33)/b29-20+/t19-,22-/m1/s1. The Morgan fingerprint density at radius 2 is 1.80 bits per heavy atom. The third-order valence-electron chi connectivity index (χ3n) is 7.57. The van der Waals surface area contributed by atoms with Crippen LogP contribution in [0.2, 0.25) is 0 Å². The molecule has 35 heavy (non-hydrogen) atoms. The van der Waals surface area contributed by atoms with Crippen molar-refractivity contribution >= 4 is 22.7 Å². The van der Waals surface area contributed by atoms with E-state index in [1.165, 1.54) is 44.9 Å². The number of aromatic nitrogens is 2. The number of piperidine rings is 1. The lowest BCUT2D eigenvalue weighted by molar-refractivity contribution is -0.142. The van der Waals surface area contributed by atoms with Gasteiger partial charge in [-0.2, -0.15) is 0 Å². The topological polar surface area (TPSA) is 97.0 Å². The molecule has 190 valence electrons. The molecule has 8 nitrogen and oxygen atoms in total. The number of aliphatic carboxylic acids is 1. The lowest BCUT2D eigenvalue weighted by Crippen LogP contribution is -2.44. The normalized spacial score (nSPS) is 23.4. The number of hydrogen-bond donors (Lipinski definition) is 1. The van der Waals surface area contributed by atoms with Crippen LogP contribution in [0, 0.1) is 5.92 Å². The number of carbonyl (C=O) groups is 1. The second-order valence-electron chi connectivity index (χ2n) is 10.2. The van der Waals surface area contributed by atoms with Gasteiger partial charge in [0.05, 0.1) is 11.0 Å². The van der Waals surface area contributed by atoms with Crippen molar-refractivity contribution < 1.29 is 14.7 Å². The third kappa shape index (κ3) is 6.28. The zero-order valence-corrected chi connectivity index (χ0v) is 21.0. The molecule has 1 aliphatic carbocycles. The minimum atomic E-state index is -1.12. The van der Waals surface area contributed by atoms with Crippen LogP contribution in [0.15, 0.2) is 34.2 Å². The van der Waals surface area contributed by atoms with Crippen molar-refractivity contribution in [3.05, 3.63) is 40.3 Å². The second kappa shape index (κ2) is 11.8.